The summed E-state index contributed by atoms with van der Waals surface area (Å²) in [5.74, 6) is -0.856. The van der Waals surface area contributed by atoms with Gasteiger partial charge >= 0.3 is 5.97 Å². The molecule has 1 N–H and O–H groups in total. The van der Waals surface area contributed by atoms with Gasteiger partial charge in [0.1, 0.15) is 11.9 Å². The van der Waals surface area contributed by atoms with Crippen LogP contribution in [-0.2, 0) is 20.0 Å². The predicted octanol–water partition coefficient (Wildman–Crippen LogP) is 2.78. The zero-order chi connectivity index (χ0) is 18.2. The normalized spacial score (nSPS) is 18.4. The molecule has 0 saturated carbocycles. The lowest BCUT2D eigenvalue weighted by Crippen LogP contribution is -2.49. The van der Waals surface area contributed by atoms with Gasteiger partial charge in [0.2, 0.25) is 0 Å². The molecule has 0 aromatic heterocycles. The SMILES string of the molecule is CCOC(=O)[C@H](NC(=O)c1ccc(F)c(CSC)c1)[C@@H]1CCCOC1. The molecule has 1 saturated heterocycles. The van der Waals surface area contributed by atoms with Gasteiger partial charge in [-0.05, 0) is 49.8 Å². The third kappa shape index (κ3) is 5.44. The number of benzene rings is 1. The van der Waals surface area contributed by atoms with Crippen LogP contribution in [0, 0.1) is 11.7 Å². The maximum Gasteiger partial charge on any atom is 0.329 e. The number of halogens is 1. The molecule has 0 bridgehead atoms. The average molecular weight is 369 g/mol. The first-order chi connectivity index (χ1) is 12.1. The van der Waals surface area contributed by atoms with Gasteiger partial charge in [0.25, 0.3) is 5.91 Å². The molecule has 2 rings (SSSR count). The van der Waals surface area contributed by atoms with Crippen molar-refractivity contribution in [2.75, 3.05) is 26.1 Å². The number of hydrogen-bond donors (Lipinski definition) is 1. The number of carbonyl (C=O) groups is 2. The quantitative estimate of drug-likeness (QED) is 0.749. The van der Waals surface area contributed by atoms with Crippen LogP contribution in [0.5, 0.6) is 0 Å². The summed E-state index contributed by atoms with van der Waals surface area (Å²) in [7, 11) is 0. The van der Waals surface area contributed by atoms with Crippen molar-refractivity contribution in [3.05, 3.63) is 35.1 Å². The summed E-state index contributed by atoms with van der Waals surface area (Å²) in [5, 5.41) is 2.75. The molecule has 1 fully saturated rings. The highest BCUT2D eigenvalue weighted by Crippen LogP contribution is 2.20. The van der Waals surface area contributed by atoms with Gasteiger partial charge in [0.15, 0.2) is 0 Å². The predicted molar refractivity (Wildman–Crippen MR) is 95.0 cm³/mol. The molecule has 1 aromatic carbocycles. The van der Waals surface area contributed by atoms with Gasteiger partial charge < -0.3 is 14.8 Å². The Morgan fingerprint density at radius 1 is 1.48 bits per heavy atom. The lowest BCUT2D eigenvalue weighted by Gasteiger charge is -2.29. The first-order valence-electron chi connectivity index (χ1n) is 8.39. The molecule has 5 nitrogen and oxygen atoms in total. The van der Waals surface area contributed by atoms with Gasteiger partial charge in [-0.1, -0.05) is 0 Å². The van der Waals surface area contributed by atoms with Crippen LogP contribution in [0.1, 0.15) is 35.7 Å². The second kappa shape index (κ2) is 9.77. The molecule has 1 amide bonds. The summed E-state index contributed by atoms with van der Waals surface area (Å²) in [6.45, 7) is 3.04. The first kappa shape index (κ1) is 19.7. The summed E-state index contributed by atoms with van der Waals surface area (Å²) >= 11 is 1.48. The molecule has 0 spiro atoms. The van der Waals surface area contributed by atoms with Crippen LogP contribution in [0.25, 0.3) is 0 Å². The summed E-state index contributed by atoms with van der Waals surface area (Å²) in [4.78, 5) is 24.9. The molecular weight excluding hydrogens is 345 g/mol. The Morgan fingerprint density at radius 2 is 2.28 bits per heavy atom. The number of nitrogens with one attached hydrogen (secondary N) is 1. The lowest BCUT2D eigenvalue weighted by atomic mass is 9.93. The Morgan fingerprint density at radius 3 is 2.92 bits per heavy atom. The molecule has 25 heavy (non-hydrogen) atoms. The number of hydrogen-bond acceptors (Lipinski definition) is 5. The van der Waals surface area contributed by atoms with Crippen LogP contribution < -0.4 is 5.32 Å². The average Bonchev–Trinajstić information content (AvgIpc) is 2.62. The Hall–Kier alpha value is -1.60. The summed E-state index contributed by atoms with van der Waals surface area (Å²) in [5.41, 5.74) is 0.797. The van der Waals surface area contributed by atoms with Crippen molar-refractivity contribution in [1.29, 1.82) is 0 Å². The number of amides is 1. The van der Waals surface area contributed by atoms with Gasteiger partial charge in [0.05, 0.1) is 13.2 Å². The highest BCUT2D eigenvalue weighted by atomic mass is 32.2. The molecular formula is C18H24FNO4S. The van der Waals surface area contributed by atoms with E-state index in [4.69, 9.17) is 9.47 Å². The molecule has 1 aromatic rings. The van der Waals surface area contributed by atoms with Crippen molar-refractivity contribution in [3.8, 4) is 0 Å². The van der Waals surface area contributed by atoms with Gasteiger partial charge in [-0.3, -0.25) is 4.79 Å². The van der Waals surface area contributed by atoms with Crippen LogP contribution >= 0.6 is 11.8 Å². The number of esters is 1. The molecule has 138 valence electrons. The maximum atomic E-state index is 13.8. The molecule has 0 unspecified atom stereocenters. The highest BCUT2D eigenvalue weighted by molar-refractivity contribution is 7.97. The van der Waals surface area contributed by atoms with Crippen LogP contribution in [0.2, 0.25) is 0 Å². The Balaban J connectivity index is 2.15. The van der Waals surface area contributed by atoms with Crippen molar-refractivity contribution >= 4 is 23.6 Å². The van der Waals surface area contributed by atoms with Crippen molar-refractivity contribution in [3.63, 3.8) is 0 Å². The number of carbonyl (C=O) groups excluding carboxylic acids is 2. The van der Waals surface area contributed by atoms with E-state index in [1.807, 2.05) is 6.26 Å². The fourth-order valence-corrected chi connectivity index (χ4v) is 3.37. The van der Waals surface area contributed by atoms with E-state index in [1.54, 1.807) is 6.92 Å². The molecule has 1 aliphatic rings. The molecule has 2 atom stereocenters. The smallest absolute Gasteiger partial charge is 0.329 e. The van der Waals surface area contributed by atoms with E-state index in [9.17, 15) is 14.0 Å². The van der Waals surface area contributed by atoms with Crippen LogP contribution in [0.3, 0.4) is 0 Å². The summed E-state index contributed by atoms with van der Waals surface area (Å²) in [6.07, 6.45) is 3.49. The van der Waals surface area contributed by atoms with Gasteiger partial charge in [-0.15, -0.1) is 0 Å². The second-order valence-corrected chi connectivity index (χ2v) is 6.79. The topological polar surface area (TPSA) is 64.6 Å². The fraction of sp³-hybridized carbons (Fsp3) is 0.556. The third-order valence-electron chi connectivity index (χ3n) is 4.10. The monoisotopic (exact) mass is 369 g/mol. The summed E-state index contributed by atoms with van der Waals surface area (Å²) < 4.78 is 24.3. The van der Waals surface area contributed by atoms with Crippen molar-refractivity contribution in [2.24, 2.45) is 5.92 Å². The molecule has 0 radical (unpaired) electrons. The van der Waals surface area contributed by atoms with Crippen molar-refractivity contribution in [2.45, 2.75) is 31.6 Å². The van der Waals surface area contributed by atoms with E-state index in [-0.39, 0.29) is 18.3 Å². The Kier molecular flexibility index (Phi) is 7.71. The van der Waals surface area contributed by atoms with E-state index in [0.29, 0.717) is 30.1 Å². The van der Waals surface area contributed by atoms with E-state index in [2.05, 4.69) is 5.32 Å². The molecule has 1 heterocycles. The minimum atomic E-state index is -0.762. The van der Waals surface area contributed by atoms with E-state index in [1.165, 1.54) is 30.0 Å². The third-order valence-corrected chi connectivity index (χ3v) is 4.70. The molecule has 7 heteroatoms. The summed E-state index contributed by atoms with van der Waals surface area (Å²) in [6, 6.07) is 3.47. The van der Waals surface area contributed by atoms with E-state index >= 15 is 0 Å². The van der Waals surface area contributed by atoms with Crippen LogP contribution in [-0.4, -0.2) is 44.0 Å². The zero-order valence-corrected chi connectivity index (χ0v) is 15.4. The number of rotatable bonds is 7. The van der Waals surface area contributed by atoms with Crippen LogP contribution in [0.4, 0.5) is 4.39 Å². The largest absolute Gasteiger partial charge is 0.464 e. The Labute approximate surface area is 151 Å². The minimum Gasteiger partial charge on any atom is -0.464 e. The number of thioether (sulfide) groups is 1. The molecule has 1 aliphatic heterocycles. The zero-order valence-electron chi connectivity index (χ0n) is 14.5. The van der Waals surface area contributed by atoms with Gasteiger partial charge in [-0.2, -0.15) is 11.8 Å². The fourth-order valence-electron chi connectivity index (χ4n) is 2.84. The van der Waals surface area contributed by atoms with Gasteiger partial charge in [0, 0.05) is 23.8 Å². The highest BCUT2D eigenvalue weighted by Gasteiger charge is 2.33. The maximum absolute atomic E-state index is 13.8. The standard InChI is InChI=1S/C18H24FNO4S/c1-3-24-18(22)16(13-5-4-8-23-10-13)20-17(21)12-6-7-15(19)14(9-12)11-25-2/h6-7,9,13,16H,3-5,8,10-11H2,1-2H3,(H,20,21)/t13-,16-/m1/s1. The van der Waals surface area contributed by atoms with E-state index < -0.39 is 17.9 Å². The van der Waals surface area contributed by atoms with E-state index in [0.717, 1.165) is 12.8 Å². The Bertz CT molecular complexity index is 605. The first-order valence-corrected chi connectivity index (χ1v) is 9.78. The van der Waals surface area contributed by atoms with Crippen LogP contribution in [0.15, 0.2) is 18.2 Å². The second-order valence-electron chi connectivity index (χ2n) is 5.92. The lowest BCUT2D eigenvalue weighted by molar-refractivity contribution is -0.148. The molecule has 0 aliphatic carbocycles. The minimum absolute atomic E-state index is 0.122. The van der Waals surface area contributed by atoms with Gasteiger partial charge in [-0.25, -0.2) is 9.18 Å². The number of ether oxygens (including phenoxy) is 2. The van der Waals surface area contributed by atoms with Crippen molar-refractivity contribution < 1.29 is 23.5 Å². The van der Waals surface area contributed by atoms with Crippen molar-refractivity contribution in [1.82, 2.24) is 5.32 Å².